The summed E-state index contributed by atoms with van der Waals surface area (Å²) in [6, 6.07) is 14.3. The standard InChI is InChI=1S/C32H37N7O5/c1-22(24-14-27(43-3)17-28(15-24)44-4)36-31(40)16-25-19-37(32(41)13-23-5-7-26(42-2)8-6-23)11-12-39(25)30-18-29(34-20-35-30)38-10-9-33-21-38/h5-10,14-15,17-18,20-22,25H,11-13,16,19H2,1-4H3,(H,36,40). The Kier molecular flexibility index (Phi) is 9.58. The molecule has 2 unspecified atom stereocenters. The van der Waals surface area contributed by atoms with Crippen molar-refractivity contribution in [1.29, 1.82) is 0 Å². The zero-order valence-corrected chi connectivity index (χ0v) is 25.3. The molecular formula is C32H37N7O5. The van der Waals surface area contributed by atoms with Gasteiger partial charge in [-0.1, -0.05) is 12.1 Å². The third-order valence-electron chi connectivity index (χ3n) is 7.72. The Morgan fingerprint density at radius 3 is 2.30 bits per heavy atom. The number of methoxy groups -OCH3 is 3. The van der Waals surface area contributed by atoms with Crippen molar-refractivity contribution in [2.75, 3.05) is 45.9 Å². The van der Waals surface area contributed by atoms with Crippen LogP contribution < -0.4 is 24.4 Å². The number of imidazole rings is 1. The van der Waals surface area contributed by atoms with Gasteiger partial charge in [0, 0.05) is 50.6 Å². The van der Waals surface area contributed by atoms with Gasteiger partial charge in [-0.15, -0.1) is 0 Å². The highest BCUT2D eigenvalue weighted by Crippen LogP contribution is 2.27. The van der Waals surface area contributed by atoms with Crippen LogP contribution >= 0.6 is 0 Å². The van der Waals surface area contributed by atoms with Crippen molar-refractivity contribution in [3.05, 3.63) is 84.7 Å². The molecule has 1 aliphatic heterocycles. The normalized spacial score (nSPS) is 15.4. The number of hydrogen-bond donors (Lipinski definition) is 1. The van der Waals surface area contributed by atoms with E-state index in [2.05, 4.69) is 25.2 Å². The molecule has 1 fully saturated rings. The first-order valence-electron chi connectivity index (χ1n) is 14.4. The van der Waals surface area contributed by atoms with E-state index in [-0.39, 0.29) is 36.7 Å². The molecule has 230 valence electrons. The molecule has 4 aromatic rings. The van der Waals surface area contributed by atoms with Crippen LogP contribution in [0.3, 0.4) is 0 Å². The highest BCUT2D eigenvalue weighted by molar-refractivity contribution is 5.80. The molecule has 0 bridgehead atoms. The summed E-state index contributed by atoms with van der Waals surface area (Å²) in [6.07, 6.45) is 7.07. The summed E-state index contributed by atoms with van der Waals surface area (Å²) in [5.41, 5.74) is 1.75. The van der Waals surface area contributed by atoms with E-state index in [9.17, 15) is 9.59 Å². The third kappa shape index (κ3) is 7.25. The molecule has 3 heterocycles. The van der Waals surface area contributed by atoms with E-state index in [0.29, 0.717) is 42.8 Å². The van der Waals surface area contributed by atoms with Crippen molar-refractivity contribution in [3.63, 3.8) is 0 Å². The molecule has 1 N–H and O–H groups in total. The molecule has 2 atom stereocenters. The predicted molar refractivity (Wildman–Crippen MR) is 164 cm³/mol. The Morgan fingerprint density at radius 2 is 1.64 bits per heavy atom. The van der Waals surface area contributed by atoms with Crippen LogP contribution in [0.5, 0.6) is 17.2 Å². The number of amides is 2. The summed E-state index contributed by atoms with van der Waals surface area (Å²) >= 11 is 0. The molecule has 12 heteroatoms. The largest absolute Gasteiger partial charge is 0.497 e. The van der Waals surface area contributed by atoms with Crippen LogP contribution in [0.15, 0.2) is 73.6 Å². The first kappa shape index (κ1) is 30.3. The van der Waals surface area contributed by atoms with Gasteiger partial charge in [0.25, 0.3) is 0 Å². The Morgan fingerprint density at radius 1 is 0.932 bits per heavy atom. The Hall–Kier alpha value is -5.13. The lowest BCUT2D eigenvalue weighted by Gasteiger charge is -2.42. The van der Waals surface area contributed by atoms with Crippen molar-refractivity contribution >= 4 is 17.6 Å². The van der Waals surface area contributed by atoms with Crippen molar-refractivity contribution in [3.8, 4) is 23.1 Å². The fraction of sp³-hybridized carbons (Fsp3) is 0.344. The summed E-state index contributed by atoms with van der Waals surface area (Å²) in [6.45, 7) is 3.29. The summed E-state index contributed by atoms with van der Waals surface area (Å²) in [5.74, 6) is 3.21. The van der Waals surface area contributed by atoms with Gasteiger partial charge >= 0.3 is 0 Å². The van der Waals surface area contributed by atoms with Gasteiger partial charge < -0.3 is 29.3 Å². The second-order valence-corrected chi connectivity index (χ2v) is 10.6. The number of ether oxygens (including phenoxy) is 3. The molecule has 2 aromatic carbocycles. The number of nitrogens with one attached hydrogen (secondary N) is 1. The average molecular weight is 600 g/mol. The van der Waals surface area contributed by atoms with Gasteiger partial charge in [-0.25, -0.2) is 15.0 Å². The van der Waals surface area contributed by atoms with Gasteiger partial charge in [0.05, 0.1) is 39.8 Å². The Labute approximate surface area is 256 Å². The zero-order chi connectivity index (χ0) is 31.1. The number of anilines is 1. The van der Waals surface area contributed by atoms with Gasteiger partial charge in [0.2, 0.25) is 11.8 Å². The molecule has 1 saturated heterocycles. The number of carbonyl (C=O) groups excluding carboxylic acids is 2. The minimum atomic E-state index is -0.318. The summed E-state index contributed by atoms with van der Waals surface area (Å²) in [7, 11) is 4.79. The fourth-order valence-corrected chi connectivity index (χ4v) is 5.30. The number of benzene rings is 2. The van der Waals surface area contributed by atoms with E-state index >= 15 is 0 Å². The topological polar surface area (TPSA) is 124 Å². The van der Waals surface area contributed by atoms with Crippen molar-refractivity contribution in [2.45, 2.75) is 31.8 Å². The number of hydrogen-bond acceptors (Lipinski definition) is 9. The van der Waals surface area contributed by atoms with Crippen LogP contribution in [0.25, 0.3) is 5.82 Å². The van der Waals surface area contributed by atoms with E-state index in [4.69, 9.17) is 14.2 Å². The molecule has 0 aliphatic carbocycles. The molecule has 5 rings (SSSR count). The van der Waals surface area contributed by atoms with E-state index in [1.54, 1.807) is 44.5 Å². The molecule has 0 spiro atoms. The zero-order valence-electron chi connectivity index (χ0n) is 25.3. The van der Waals surface area contributed by atoms with Crippen LogP contribution in [-0.4, -0.2) is 83.2 Å². The first-order chi connectivity index (χ1) is 21.4. The van der Waals surface area contributed by atoms with Crippen molar-refractivity contribution in [1.82, 2.24) is 29.7 Å². The first-order valence-corrected chi connectivity index (χ1v) is 14.4. The SMILES string of the molecule is COc1ccc(CC(=O)N2CCN(c3cc(-n4ccnc4)ncn3)C(CC(=O)NC(C)c3cc(OC)cc(OC)c3)C2)cc1. The highest BCUT2D eigenvalue weighted by Gasteiger charge is 2.32. The highest BCUT2D eigenvalue weighted by atomic mass is 16.5. The second-order valence-electron chi connectivity index (χ2n) is 10.6. The molecule has 0 radical (unpaired) electrons. The van der Waals surface area contributed by atoms with Crippen LogP contribution in [0.4, 0.5) is 5.82 Å². The smallest absolute Gasteiger partial charge is 0.227 e. The predicted octanol–water partition coefficient (Wildman–Crippen LogP) is 3.22. The summed E-state index contributed by atoms with van der Waals surface area (Å²) < 4.78 is 17.8. The fourth-order valence-electron chi connectivity index (χ4n) is 5.30. The number of rotatable bonds is 11. The van der Waals surface area contributed by atoms with Gasteiger partial charge in [0.1, 0.15) is 41.5 Å². The lowest BCUT2D eigenvalue weighted by Crippen LogP contribution is -2.56. The quantitative estimate of drug-likeness (QED) is 0.277. The van der Waals surface area contributed by atoms with Crippen LogP contribution in [0.2, 0.25) is 0 Å². The van der Waals surface area contributed by atoms with Crippen molar-refractivity contribution in [2.24, 2.45) is 0 Å². The third-order valence-corrected chi connectivity index (χ3v) is 7.72. The minimum Gasteiger partial charge on any atom is -0.497 e. The Balaban J connectivity index is 1.34. The molecule has 44 heavy (non-hydrogen) atoms. The molecule has 2 aromatic heterocycles. The molecular weight excluding hydrogens is 562 g/mol. The van der Waals surface area contributed by atoms with Crippen LogP contribution in [0.1, 0.15) is 30.5 Å². The van der Waals surface area contributed by atoms with Gasteiger partial charge in [-0.05, 0) is 42.3 Å². The van der Waals surface area contributed by atoms with E-state index in [0.717, 1.165) is 16.9 Å². The number of aromatic nitrogens is 4. The maximum absolute atomic E-state index is 13.5. The van der Waals surface area contributed by atoms with Gasteiger partial charge in [0.15, 0.2) is 0 Å². The number of piperazine rings is 1. The van der Waals surface area contributed by atoms with Crippen molar-refractivity contribution < 1.29 is 23.8 Å². The minimum absolute atomic E-state index is 0.00105. The molecule has 2 amide bonds. The second kappa shape index (κ2) is 13.9. The lowest BCUT2D eigenvalue weighted by atomic mass is 10.0. The molecule has 12 nitrogen and oxygen atoms in total. The Bertz CT molecular complexity index is 1540. The summed E-state index contributed by atoms with van der Waals surface area (Å²) in [4.78, 5) is 43.8. The average Bonchev–Trinajstić information content (AvgIpc) is 3.60. The molecule has 0 saturated carbocycles. The van der Waals surface area contributed by atoms with Gasteiger partial charge in [-0.2, -0.15) is 0 Å². The van der Waals surface area contributed by atoms with E-state index in [1.807, 2.05) is 60.5 Å². The number of carbonyl (C=O) groups is 2. The maximum atomic E-state index is 13.5. The van der Waals surface area contributed by atoms with Gasteiger partial charge in [-0.3, -0.25) is 14.2 Å². The molecule has 1 aliphatic rings. The monoisotopic (exact) mass is 599 g/mol. The number of nitrogens with zero attached hydrogens (tertiary/aromatic N) is 6. The maximum Gasteiger partial charge on any atom is 0.227 e. The van der Waals surface area contributed by atoms with E-state index < -0.39 is 0 Å². The van der Waals surface area contributed by atoms with Crippen LogP contribution in [-0.2, 0) is 16.0 Å². The summed E-state index contributed by atoms with van der Waals surface area (Å²) in [5, 5.41) is 3.11. The lowest BCUT2D eigenvalue weighted by molar-refractivity contribution is -0.132. The van der Waals surface area contributed by atoms with Crippen LogP contribution in [0, 0.1) is 0 Å². The van der Waals surface area contributed by atoms with E-state index in [1.165, 1.54) is 6.33 Å².